The predicted octanol–water partition coefficient (Wildman–Crippen LogP) is 11.1. The van der Waals surface area contributed by atoms with Gasteiger partial charge in [-0.3, -0.25) is 14.6 Å². The number of carbonyl (C=O) groups excluding carboxylic acids is 6. The Kier molecular flexibility index (Phi) is 25.2. The molecule has 0 saturated carbocycles. The molecule has 498 valence electrons. The first kappa shape index (κ1) is 71.4. The normalized spacial score (nSPS) is 14.8. The van der Waals surface area contributed by atoms with Crippen molar-refractivity contribution < 1.29 is 60.9 Å². The number of alkyl carbamates (subject to hydrolysis) is 2. The molecule has 21 heteroatoms. The summed E-state index contributed by atoms with van der Waals surface area (Å²) in [5.74, 6) is -0.532. The molecule has 2 atom stereocenters. The summed E-state index contributed by atoms with van der Waals surface area (Å²) < 4.78 is 58.2. The van der Waals surface area contributed by atoms with Gasteiger partial charge in [0.2, 0.25) is 11.8 Å². The van der Waals surface area contributed by atoms with E-state index in [-0.39, 0.29) is 50.1 Å². The molecule has 4 amide bonds. The summed E-state index contributed by atoms with van der Waals surface area (Å²) in [6.07, 6.45) is 10.6. The number of fused-ring (bicyclic) bond motifs is 3. The maximum atomic E-state index is 14.5. The molecule has 2 aromatic heterocycles. The van der Waals surface area contributed by atoms with Crippen LogP contribution in [-0.2, 0) is 99.9 Å². The van der Waals surface area contributed by atoms with E-state index in [0.717, 1.165) is 95.5 Å². The molecule has 0 radical (unpaired) electrons. The van der Waals surface area contributed by atoms with Gasteiger partial charge in [0.15, 0.2) is 0 Å². The van der Waals surface area contributed by atoms with Crippen LogP contribution in [0.4, 0.5) is 15.4 Å². The van der Waals surface area contributed by atoms with Crippen molar-refractivity contribution in [1.82, 2.24) is 31.2 Å². The van der Waals surface area contributed by atoms with Crippen molar-refractivity contribution in [1.29, 1.82) is 0 Å². The van der Waals surface area contributed by atoms with Gasteiger partial charge in [-0.05, 0) is 223 Å². The number of nitrogens with zero attached hydrogens (tertiary/aromatic N) is 3. The summed E-state index contributed by atoms with van der Waals surface area (Å²) >= 11 is 0. The van der Waals surface area contributed by atoms with E-state index >= 15 is 0 Å². The summed E-state index contributed by atoms with van der Waals surface area (Å²) in [4.78, 5) is 85.7. The average molecular weight is 1290 g/mol. The van der Waals surface area contributed by atoms with Crippen LogP contribution in [0.25, 0.3) is 0 Å². The predicted molar refractivity (Wildman–Crippen MR) is 352 cm³/mol. The molecule has 2 aliphatic heterocycles. The molecule has 4 N–H and O–H groups in total. The first-order chi connectivity index (χ1) is 43.6. The summed E-state index contributed by atoms with van der Waals surface area (Å²) in [6, 6.07) is 24.3. The lowest BCUT2D eigenvalue weighted by atomic mass is 9.88. The second-order valence-electron chi connectivity index (χ2n) is 26.6. The Balaban J connectivity index is 0.000000282. The maximum absolute atomic E-state index is 14.5. The molecule has 4 heterocycles. The number of amides is 4. The van der Waals surface area contributed by atoms with Gasteiger partial charge in [-0.1, -0.05) is 72.8 Å². The molecule has 20 nitrogen and oxygen atoms in total. The molecule has 0 unspecified atom stereocenters. The molecule has 92 heavy (non-hydrogen) atoms. The van der Waals surface area contributed by atoms with Gasteiger partial charge in [0.1, 0.15) is 53.7 Å². The van der Waals surface area contributed by atoms with Crippen molar-refractivity contribution in [3.63, 3.8) is 0 Å². The largest absolute Gasteiger partial charge is 0.487 e. The highest BCUT2D eigenvalue weighted by molar-refractivity contribution is 7.93. The Hall–Kier alpha value is -8.07. The number of sulfonamides is 1. The molecular formula is C71H95N7O13S. The monoisotopic (exact) mass is 1290 g/mol. The van der Waals surface area contributed by atoms with Crippen molar-refractivity contribution in [2.24, 2.45) is 0 Å². The average Bonchev–Trinajstić information content (AvgIpc) is 0.734. The standard InChI is InChI=1S/C42H56N4O8S.C29H39N3O5/c1-27-28(2)37(29(3)33-22-23-42(7,8)53-36(27)33)55(50,51)46-24-14-17-31-20-21-32(44-38(31)46)18-12-13-19-35(47)43-25-34(39(48)54-41(4,5)6)45-40(49)52-26-30-15-10-9-11-16-30;1-29(2,3)37-27(34)25(32-28(35)36-20-21-11-5-4-6-12-21)19-30-26(33)16-10-8-14-23-18-17-22-13-7-9-15-24(22)31-23/h9-11,15-16,20-21,34H,12-14,17-19,22-26H2,1-8H3,(H,43,47)(H,45,49);4-6,11-12,17-18,25H,7-10,13-16,19-20H2,1-3H3,(H,30,33)(H,32,35)/t34-;25-/m00/s1. The number of aromatic nitrogens is 2. The van der Waals surface area contributed by atoms with E-state index < -0.39 is 57.4 Å². The third-order valence-electron chi connectivity index (χ3n) is 16.1. The van der Waals surface area contributed by atoms with Crippen LogP contribution in [0.5, 0.6) is 5.75 Å². The Morgan fingerprint density at radius 1 is 0.598 bits per heavy atom. The highest BCUT2D eigenvalue weighted by Crippen LogP contribution is 2.44. The van der Waals surface area contributed by atoms with Gasteiger partial charge >= 0.3 is 24.1 Å². The highest BCUT2D eigenvalue weighted by Gasteiger charge is 2.38. The zero-order valence-electron chi connectivity index (χ0n) is 55.6. The van der Waals surface area contributed by atoms with Gasteiger partial charge in [-0.2, -0.15) is 0 Å². The molecule has 0 spiro atoms. The van der Waals surface area contributed by atoms with E-state index in [1.165, 1.54) is 28.4 Å². The number of aryl methyl sites for hydroxylation is 5. The SMILES string of the molecule is CC(C)(C)OC(=O)[C@H](CNC(=O)CCCCc1ccc2c(n1)CCCC2)NC(=O)OCc1ccccc1.Cc1c(C)c(S(=O)(=O)N2CCCc3ccc(CCCCC(=O)NC[C@H](NC(=O)OCc4ccccc4)C(=O)OC(C)(C)C)nc32)c(C)c2c1OC(C)(C)CC2. The fourth-order valence-electron chi connectivity index (χ4n) is 11.2. The Morgan fingerprint density at radius 3 is 1.61 bits per heavy atom. The van der Waals surface area contributed by atoms with Crippen LogP contribution in [-0.4, -0.2) is 103 Å². The molecule has 0 fully saturated rings. The number of unbranched alkanes of at least 4 members (excludes halogenated alkanes) is 2. The Bertz CT molecular complexity index is 3490. The molecule has 3 aliphatic rings. The van der Waals surface area contributed by atoms with Crippen LogP contribution in [0.2, 0.25) is 0 Å². The second-order valence-corrected chi connectivity index (χ2v) is 28.4. The molecule has 0 bridgehead atoms. The number of nitrogens with one attached hydrogen (secondary N) is 4. The lowest BCUT2D eigenvalue weighted by Crippen LogP contribution is -2.50. The minimum Gasteiger partial charge on any atom is -0.487 e. The Labute approximate surface area is 543 Å². The first-order valence-corrected chi connectivity index (χ1v) is 33.7. The zero-order chi connectivity index (χ0) is 66.8. The van der Waals surface area contributed by atoms with E-state index in [9.17, 15) is 37.2 Å². The van der Waals surface area contributed by atoms with Crippen LogP contribution in [0.15, 0.2) is 89.8 Å². The fourth-order valence-corrected chi connectivity index (χ4v) is 13.2. The van der Waals surface area contributed by atoms with E-state index in [2.05, 4.69) is 47.2 Å². The number of carbonyl (C=O) groups is 6. The van der Waals surface area contributed by atoms with E-state index in [1.807, 2.05) is 93.6 Å². The molecule has 8 rings (SSSR count). The number of ether oxygens (including phenoxy) is 5. The number of anilines is 1. The van der Waals surface area contributed by atoms with Gasteiger partial charge in [-0.25, -0.2) is 36.9 Å². The number of benzene rings is 3. The van der Waals surface area contributed by atoms with Crippen LogP contribution < -0.4 is 30.3 Å². The van der Waals surface area contributed by atoms with Crippen LogP contribution in [0, 0.1) is 20.8 Å². The molecule has 3 aromatic carbocycles. The number of rotatable bonds is 24. The van der Waals surface area contributed by atoms with Crippen LogP contribution >= 0.6 is 0 Å². The summed E-state index contributed by atoms with van der Waals surface area (Å²) in [6.45, 7) is 20.4. The molecule has 5 aromatic rings. The van der Waals surface area contributed by atoms with Crippen molar-refractivity contribution in [3.8, 4) is 5.75 Å². The second kappa shape index (κ2) is 32.5. The van der Waals surface area contributed by atoms with Gasteiger partial charge in [0, 0.05) is 49.6 Å². The first-order valence-electron chi connectivity index (χ1n) is 32.3. The number of hydrogen-bond donors (Lipinski definition) is 4. The number of esters is 2. The van der Waals surface area contributed by atoms with Gasteiger partial charge < -0.3 is 45.0 Å². The molecular weight excluding hydrogens is 1190 g/mol. The van der Waals surface area contributed by atoms with Gasteiger partial charge in [-0.15, -0.1) is 0 Å². The van der Waals surface area contributed by atoms with E-state index in [4.69, 9.17) is 33.7 Å². The van der Waals surface area contributed by atoms with E-state index in [1.54, 1.807) is 41.5 Å². The quantitative estimate of drug-likeness (QED) is 0.0254. The molecule has 0 saturated heterocycles. The molecule has 1 aliphatic carbocycles. The lowest BCUT2D eigenvalue weighted by Gasteiger charge is -2.36. The fraction of sp³-hybridized carbons (Fsp3) is 0.521. The Morgan fingerprint density at radius 2 is 1.09 bits per heavy atom. The third kappa shape index (κ3) is 21.5. The van der Waals surface area contributed by atoms with Crippen LogP contribution in [0.1, 0.15) is 181 Å². The van der Waals surface area contributed by atoms with Gasteiger partial charge in [0.25, 0.3) is 10.0 Å². The van der Waals surface area contributed by atoms with Gasteiger partial charge in [0.05, 0.1) is 4.90 Å². The minimum absolute atomic E-state index is 0.0230. The minimum atomic E-state index is -3.93. The number of hydrogen-bond acceptors (Lipinski definition) is 15. The van der Waals surface area contributed by atoms with Crippen molar-refractivity contribution in [2.45, 2.75) is 226 Å². The van der Waals surface area contributed by atoms with Crippen LogP contribution in [0.3, 0.4) is 0 Å². The summed E-state index contributed by atoms with van der Waals surface area (Å²) in [5, 5.41) is 10.5. The lowest BCUT2D eigenvalue weighted by molar-refractivity contribution is -0.158. The van der Waals surface area contributed by atoms with Crippen molar-refractivity contribution in [2.75, 3.05) is 23.9 Å². The van der Waals surface area contributed by atoms with Crippen molar-refractivity contribution >= 4 is 51.8 Å². The summed E-state index contributed by atoms with van der Waals surface area (Å²) in [5.41, 5.74) is 8.33. The summed E-state index contributed by atoms with van der Waals surface area (Å²) in [7, 11) is -3.93. The maximum Gasteiger partial charge on any atom is 0.408 e. The van der Waals surface area contributed by atoms with Crippen molar-refractivity contribution in [3.05, 3.63) is 147 Å². The third-order valence-corrected chi connectivity index (χ3v) is 18.1. The highest BCUT2D eigenvalue weighted by atomic mass is 32.2. The zero-order valence-corrected chi connectivity index (χ0v) is 56.5. The smallest absolute Gasteiger partial charge is 0.408 e. The topological polar surface area (TPSA) is 260 Å². The number of pyridine rings is 2. The van der Waals surface area contributed by atoms with E-state index in [0.29, 0.717) is 61.3 Å².